The van der Waals surface area contributed by atoms with Crippen molar-refractivity contribution in [3.05, 3.63) is 0 Å². The third-order valence-electron chi connectivity index (χ3n) is 4.64. The lowest BCUT2D eigenvalue weighted by atomic mass is 9.86. The fraction of sp³-hybridized carbons (Fsp3) is 1.00. The average molecular weight is 268 g/mol. The molecule has 1 saturated heterocycles. The van der Waals surface area contributed by atoms with Gasteiger partial charge in [-0.15, -0.1) is 0 Å². The third kappa shape index (κ3) is 6.27. The van der Waals surface area contributed by atoms with E-state index in [-0.39, 0.29) is 0 Å². The molecule has 2 nitrogen and oxygen atoms in total. The molecule has 0 aromatic rings. The van der Waals surface area contributed by atoms with Crippen LogP contribution in [-0.2, 0) is 0 Å². The second kappa shape index (κ2) is 8.26. The van der Waals surface area contributed by atoms with Crippen LogP contribution in [0.5, 0.6) is 0 Å². The van der Waals surface area contributed by atoms with Gasteiger partial charge in [-0.05, 0) is 56.7 Å². The molecule has 19 heavy (non-hydrogen) atoms. The third-order valence-corrected chi connectivity index (χ3v) is 4.64. The van der Waals surface area contributed by atoms with E-state index in [1.807, 2.05) is 0 Å². The summed E-state index contributed by atoms with van der Waals surface area (Å²) < 4.78 is 0. The molecular weight excluding hydrogens is 232 g/mol. The monoisotopic (exact) mass is 268 g/mol. The number of nitrogens with one attached hydrogen (secondary N) is 1. The lowest BCUT2D eigenvalue weighted by Crippen LogP contribution is -2.49. The molecule has 0 saturated carbocycles. The first-order valence-electron chi connectivity index (χ1n) is 8.43. The highest BCUT2D eigenvalue weighted by atomic mass is 15.2. The van der Waals surface area contributed by atoms with Crippen molar-refractivity contribution >= 4 is 0 Å². The van der Waals surface area contributed by atoms with Gasteiger partial charge in [0.05, 0.1) is 0 Å². The van der Waals surface area contributed by atoms with Crippen LogP contribution >= 0.6 is 0 Å². The van der Waals surface area contributed by atoms with Crippen molar-refractivity contribution in [2.24, 2.45) is 11.3 Å². The molecule has 1 aliphatic rings. The number of hydrogen-bond donors (Lipinski definition) is 1. The van der Waals surface area contributed by atoms with E-state index in [1.54, 1.807) is 0 Å². The van der Waals surface area contributed by atoms with Crippen LogP contribution in [0.4, 0.5) is 0 Å². The van der Waals surface area contributed by atoms with Crippen LogP contribution in [0.1, 0.15) is 66.7 Å². The van der Waals surface area contributed by atoms with Crippen molar-refractivity contribution in [1.29, 1.82) is 0 Å². The number of rotatable bonds is 6. The van der Waals surface area contributed by atoms with Crippen LogP contribution in [0.25, 0.3) is 0 Å². The van der Waals surface area contributed by atoms with Gasteiger partial charge in [0.25, 0.3) is 0 Å². The molecule has 0 aromatic heterocycles. The summed E-state index contributed by atoms with van der Waals surface area (Å²) in [7, 11) is 0. The highest BCUT2D eigenvalue weighted by Crippen LogP contribution is 2.24. The van der Waals surface area contributed by atoms with E-state index in [9.17, 15) is 0 Å². The van der Waals surface area contributed by atoms with Gasteiger partial charge in [0, 0.05) is 12.6 Å². The van der Waals surface area contributed by atoms with Gasteiger partial charge in [-0.2, -0.15) is 0 Å². The Labute approximate surface area is 121 Å². The van der Waals surface area contributed by atoms with Crippen molar-refractivity contribution < 1.29 is 0 Å². The normalized spacial score (nSPS) is 24.2. The summed E-state index contributed by atoms with van der Waals surface area (Å²) in [5.74, 6) is 0.974. The van der Waals surface area contributed by atoms with E-state index >= 15 is 0 Å². The molecule has 0 radical (unpaired) electrons. The summed E-state index contributed by atoms with van der Waals surface area (Å²) >= 11 is 0. The molecule has 1 rings (SSSR count). The molecule has 2 atom stereocenters. The second-order valence-corrected chi connectivity index (χ2v) is 7.38. The van der Waals surface area contributed by atoms with Gasteiger partial charge in [-0.25, -0.2) is 0 Å². The van der Waals surface area contributed by atoms with Crippen molar-refractivity contribution in [2.45, 2.75) is 72.8 Å². The first kappa shape index (κ1) is 17.0. The Bertz CT molecular complexity index is 232. The quantitative estimate of drug-likeness (QED) is 0.785. The van der Waals surface area contributed by atoms with Gasteiger partial charge in [0.15, 0.2) is 0 Å². The Morgan fingerprint density at radius 1 is 1.16 bits per heavy atom. The van der Waals surface area contributed by atoms with Crippen molar-refractivity contribution in [2.75, 3.05) is 26.2 Å². The van der Waals surface area contributed by atoms with Gasteiger partial charge in [-0.3, -0.25) is 0 Å². The maximum atomic E-state index is 3.76. The Balaban J connectivity index is 2.48. The molecule has 1 aliphatic heterocycles. The van der Waals surface area contributed by atoms with Gasteiger partial charge >= 0.3 is 0 Å². The maximum absolute atomic E-state index is 3.76. The first-order chi connectivity index (χ1) is 8.97. The highest BCUT2D eigenvalue weighted by Gasteiger charge is 2.27. The van der Waals surface area contributed by atoms with E-state index in [2.05, 4.69) is 44.8 Å². The fourth-order valence-electron chi connectivity index (χ4n) is 3.04. The summed E-state index contributed by atoms with van der Waals surface area (Å²) in [6, 6.07) is 0.616. The molecule has 1 heterocycles. The number of nitrogens with zero attached hydrogens (tertiary/aromatic N) is 1. The molecule has 0 bridgehead atoms. The molecule has 0 aromatic carbocycles. The lowest BCUT2D eigenvalue weighted by molar-refractivity contribution is 0.175. The topological polar surface area (TPSA) is 15.3 Å². The number of hydrogen-bond acceptors (Lipinski definition) is 2. The predicted octanol–water partition coefficient (Wildman–Crippen LogP) is 3.91. The van der Waals surface area contributed by atoms with Gasteiger partial charge in [0.2, 0.25) is 0 Å². The minimum Gasteiger partial charge on any atom is -0.312 e. The lowest BCUT2D eigenvalue weighted by Gasteiger charge is -2.36. The zero-order valence-corrected chi connectivity index (χ0v) is 14.0. The average Bonchev–Trinajstić information content (AvgIpc) is 2.58. The Morgan fingerprint density at radius 3 is 2.47 bits per heavy atom. The van der Waals surface area contributed by atoms with Crippen LogP contribution in [0.15, 0.2) is 0 Å². The van der Waals surface area contributed by atoms with Gasteiger partial charge in [0.1, 0.15) is 0 Å². The maximum Gasteiger partial charge on any atom is 0.0243 e. The summed E-state index contributed by atoms with van der Waals surface area (Å²) in [6.45, 7) is 16.7. The SMILES string of the molecule is CCCNC(CN1CCCC(CC)CC1)C(C)(C)C. The fourth-order valence-corrected chi connectivity index (χ4v) is 3.04. The van der Waals surface area contributed by atoms with Crippen LogP contribution in [0, 0.1) is 11.3 Å². The minimum absolute atomic E-state index is 0.353. The molecular formula is C17H36N2. The van der Waals surface area contributed by atoms with Crippen molar-refractivity contribution in [3.63, 3.8) is 0 Å². The second-order valence-electron chi connectivity index (χ2n) is 7.38. The van der Waals surface area contributed by atoms with E-state index in [0.29, 0.717) is 11.5 Å². The Hall–Kier alpha value is -0.0800. The molecule has 114 valence electrons. The Kier molecular flexibility index (Phi) is 7.38. The molecule has 0 aliphatic carbocycles. The molecule has 0 amide bonds. The van der Waals surface area contributed by atoms with Crippen molar-refractivity contribution in [1.82, 2.24) is 10.2 Å². The van der Waals surface area contributed by atoms with Crippen LogP contribution in [0.3, 0.4) is 0 Å². The number of likely N-dealkylation sites (tertiary alicyclic amines) is 1. The predicted molar refractivity (Wildman–Crippen MR) is 85.6 cm³/mol. The Morgan fingerprint density at radius 2 is 1.89 bits per heavy atom. The molecule has 2 unspecified atom stereocenters. The zero-order valence-electron chi connectivity index (χ0n) is 14.0. The zero-order chi connectivity index (χ0) is 14.3. The van der Waals surface area contributed by atoms with Crippen LogP contribution < -0.4 is 5.32 Å². The van der Waals surface area contributed by atoms with E-state index in [1.165, 1.54) is 51.7 Å². The highest BCUT2D eigenvalue weighted by molar-refractivity contribution is 4.84. The van der Waals surface area contributed by atoms with Crippen LogP contribution in [0.2, 0.25) is 0 Å². The summed E-state index contributed by atoms with van der Waals surface area (Å²) in [6.07, 6.45) is 6.83. The van der Waals surface area contributed by atoms with Gasteiger partial charge < -0.3 is 10.2 Å². The molecule has 1 N–H and O–H groups in total. The molecule has 0 spiro atoms. The smallest absolute Gasteiger partial charge is 0.0243 e. The summed E-state index contributed by atoms with van der Waals surface area (Å²) in [4.78, 5) is 2.70. The standard InChI is InChI=1S/C17H36N2/c1-6-11-18-16(17(3,4)5)14-19-12-8-9-15(7-2)10-13-19/h15-16,18H,6-14H2,1-5H3. The van der Waals surface area contributed by atoms with E-state index < -0.39 is 0 Å². The summed E-state index contributed by atoms with van der Waals surface area (Å²) in [5.41, 5.74) is 0.353. The van der Waals surface area contributed by atoms with Gasteiger partial charge in [-0.1, -0.05) is 41.0 Å². The summed E-state index contributed by atoms with van der Waals surface area (Å²) in [5, 5.41) is 3.76. The minimum atomic E-state index is 0.353. The molecule has 2 heteroatoms. The van der Waals surface area contributed by atoms with Crippen molar-refractivity contribution in [3.8, 4) is 0 Å². The van der Waals surface area contributed by atoms with Crippen LogP contribution in [-0.4, -0.2) is 37.1 Å². The van der Waals surface area contributed by atoms with E-state index in [4.69, 9.17) is 0 Å². The molecule has 1 fully saturated rings. The largest absolute Gasteiger partial charge is 0.312 e. The first-order valence-corrected chi connectivity index (χ1v) is 8.43. The van der Waals surface area contributed by atoms with E-state index in [0.717, 1.165) is 12.5 Å².